The first-order valence-electron chi connectivity index (χ1n) is 5.84. The fraction of sp³-hybridized carbons (Fsp3) is 0.889. The van der Waals surface area contributed by atoms with Crippen molar-refractivity contribution in [3.63, 3.8) is 0 Å². The molecule has 0 aromatic heterocycles. The SMILES string of the molecule is CCOO[Si](OCCN=C=O)(OOCC)OOCC. The van der Waals surface area contributed by atoms with Crippen LogP contribution in [0.2, 0.25) is 0 Å². The summed E-state index contributed by atoms with van der Waals surface area (Å²) in [4.78, 5) is 27.6. The minimum absolute atomic E-state index is 0.00527. The van der Waals surface area contributed by atoms with Crippen molar-refractivity contribution >= 4 is 15.1 Å². The quantitative estimate of drug-likeness (QED) is 0.122. The summed E-state index contributed by atoms with van der Waals surface area (Å²) >= 11 is 0. The monoisotopic (exact) mass is 297 g/mol. The third-order valence-electron chi connectivity index (χ3n) is 1.38. The van der Waals surface area contributed by atoms with Crippen LogP contribution >= 0.6 is 0 Å². The van der Waals surface area contributed by atoms with Gasteiger partial charge in [0.05, 0.1) is 33.0 Å². The van der Waals surface area contributed by atoms with E-state index in [4.69, 9.17) is 32.8 Å². The largest absolute Gasteiger partial charge is 0.764 e. The molecule has 19 heavy (non-hydrogen) atoms. The molecule has 112 valence electrons. The van der Waals surface area contributed by atoms with E-state index in [0.29, 0.717) is 0 Å². The van der Waals surface area contributed by atoms with E-state index in [1.807, 2.05) is 0 Å². The lowest BCUT2D eigenvalue weighted by Crippen LogP contribution is -2.49. The Labute approximate surface area is 112 Å². The zero-order valence-corrected chi connectivity index (χ0v) is 12.2. The summed E-state index contributed by atoms with van der Waals surface area (Å²) < 4.78 is 20.1. The number of carbonyl (C=O) groups excluding carboxylic acids is 1. The van der Waals surface area contributed by atoms with E-state index < -0.39 is 9.05 Å². The molecule has 0 atom stereocenters. The minimum atomic E-state index is -3.76. The van der Waals surface area contributed by atoms with Gasteiger partial charge >= 0.3 is 9.05 Å². The van der Waals surface area contributed by atoms with Gasteiger partial charge in [0.2, 0.25) is 6.08 Å². The molecule has 0 unspecified atom stereocenters. The standard InChI is InChI=1S/C9H19NO8Si/c1-4-12-16-19(17-13-5-2,18-14-6-3)15-8-7-10-9-11/h4-8H2,1-3H3. The number of rotatable bonds is 13. The van der Waals surface area contributed by atoms with E-state index in [1.54, 1.807) is 20.8 Å². The molecule has 9 nitrogen and oxygen atoms in total. The summed E-state index contributed by atoms with van der Waals surface area (Å²) in [6.45, 7) is 5.92. The van der Waals surface area contributed by atoms with Gasteiger partial charge in [0, 0.05) is 0 Å². The van der Waals surface area contributed by atoms with Crippen LogP contribution in [0.3, 0.4) is 0 Å². The molecule has 0 bridgehead atoms. The molecule has 0 amide bonds. The average Bonchev–Trinajstić information content (AvgIpc) is 2.44. The van der Waals surface area contributed by atoms with Crippen LogP contribution in [0.15, 0.2) is 4.99 Å². The van der Waals surface area contributed by atoms with E-state index in [2.05, 4.69) is 4.99 Å². The summed E-state index contributed by atoms with van der Waals surface area (Å²) in [5.41, 5.74) is 0. The predicted octanol–water partition coefficient (Wildman–Crippen LogP) is 0.679. The number of hydrogen-bond acceptors (Lipinski definition) is 9. The van der Waals surface area contributed by atoms with Crippen LogP contribution < -0.4 is 0 Å². The van der Waals surface area contributed by atoms with Crippen LogP contribution in [0, 0.1) is 0 Å². The Balaban J connectivity index is 4.50. The van der Waals surface area contributed by atoms with Gasteiger partial charge in [-0.05, 0) is 20.8 Å². The molecule has 0 radical (unpaired) electrons. The van der Waals surface area contributed by atoms with Gasteiger partial charge in [0.1, 0.15) is 0 Å². The van der Waals surface area contributed by atoms with Gasteiger partial charge in [-0.15, -0.1) is 0 Å². The van der Waals surface area contributed by atoms with Crippen molar-refractivity contribution in [2.45, 2.75) is 20.8 Å². The fourth-order valence-electron chi connectivity index (χ4n) is 0.769. The Morgan fingerprint density at radius 2 is 1.42 bits per heavy atom. The number of nitrogens with zero attached hydrogens (tertiary/aromatic N) is 1. The highest BCUT2D eigenvalue weighted by atomic mass is 28.4. The zero-order valence-electron chi connectivity index (χ0n) is 11.2. The number of hydrogen-bond donors (Lipinski definition) is 0. The summed E-state index contributed by atoms with van der Waals surface area (Å²) in [6, 6.07) is 0. The van der Waals surface area contributed by atoms with Crippen molar-refractivity contribution in [2.75, 3.05) is 33.0 Å². The maximum absolute atomic E-state index is 9.94. The molecule has 0 aliphatic rings. The first kappa shape index (κ1) is 18.3. The summed E-state index contributed by atoms with van der Waals surface area (Å²) in [6.07, 6.45) is 1.38. The van der Waals surface area contributed by atoms with E-state index in [9.17, 15) is 4.79 Å². The third-order valence-corrected chi connectivity index (χ3v) is 2.91. The van der Waals surface area contributed by atoms with Crippen molar-refractivity contribution in [3.05, 3.63) is 0 Å². The summed E-state index contributed by atoms with van der Waals surface area (Å²) in [5, 5.41) is 0. The molecule has 0 aromatic rings. The van der Waals surface area contributed by atoms with Gasteiger partial charge in [-0.2, -0.15) is 13.7 Å². The Morgan fingerprint density at radius 3 is 1.79 bits per heavy atom. The van der Waals surface area contributed by atoms with Crippen LogP contribution in [0.1, 0.15) is 20.8 Å². The van der Waals surface area contributed by atoms with E-state index in [1.165, 1.54) is 6.08 Å². The van der Waals surface area contributed by atoms with E-state index in [-0.39, 0.29) is 33.0 Å². The normalized spacial score (nSPS) is 11.3. The van der Waals surface area contributed by atoms with Gasteiger partial charge in [-0.1, -0.05) is 0 Å². The molecule has 0 rings (SSSR count). The second-order valence-corrected chi connectivity index (χ2v) is 4.58. The highest BCUT2D eigenvalue weighted by Crippen LogP contribution is 2.13. The predicted molar refractivity (Wildman–Crippen MR) is 62.8 cm³/mol. The van der Waals surface area contributed by atoms with Gasteiger partial charge in [0.15, 0.2) is 0 Å². The maximum Gasteiger partial charge on any atom is 0.764 e. The van der Waals surface area contributed by atoms with Gasteiger partial charge in [-0.3, -0.25) is 0 Å². The Hall–Kier alpha value is -0.683. The van der Waals surface area contributed by atoms with Crippen LogP contribution in [0.5, 0.6) is 0 Å². The van der Waals surface area contributed by atoms with Crippen LogP contribution in [0.25, 0.3) is 0 Å². The molecule has 0 aliphatic carbocycles. The molecule has 0 saturated heterocycles. The van der Waals surface area contributed by atoms with Crippen molar-refractivity contribution in [3.8, 4) is 0 Å². The Morgan fingerprint density at radius 1 is 0.947 bits per heavy atom. The van der Waals surface area contributed by atoms with Crippen molar-refractivity contribution in [1.82, 2.24) is 0 Å². The second-order valence-electron chi connectivity index (χ2n) is 2.79. The average molecular weight is 297 g/mol. The van der Waals surface area contributed by atoms with Crippen LogP contribution in [-0.2, 0) is 37.6 Å². The highest BCUT2D eigenvalue weighted by molar-refractivity contribution is 6.52. The molecule has 0 aromatic carbocycles. The maximum atomic E-state index is 9.94. The molecule has 10 heteroatoms. The minimum Gasteiger partial charge on any atom is -0.345 e. The van der Waals surface area contributed by atoms with Crippen LogP contribution in [-0.4, -0.2) is 48.1 Å². The lowest BCUT2D eigenvalue weighted by Gasteiger charge is -2.23. The molecule has 0 heterocycles. The van der Waals surface area contributed by atoms with E-state index in [0.717, 1.165) is 0 Å². The fourth-order valence-corrected chi connectivity index (χ4v) is 2.12. The van der Waals surface area contributed by atoms with Crippen molar-refractivity contribution in [1.29, 1.82) is 0 Å². The van der Waals surface area contributed by atoms with Gasteiger partial charge in [0.25, 0.3) is 0 Å². The first-order valence-corrected chi connectivity index (χ1v) is 7.47. The molecular weight excluding hydrogens is 278 g/mol. The molecule has 0 spiro atoms. The summed E-state index contributed by atoms with van der Waals surface area (Å²) in [7, 11) is -3.76. The molecule has 0 aliphatic heterocycles. The molecular formula is C9H19NO8Si. The topological polar surface area (TPSA) is 94.0 Å². The van der Waals surface area contributed by atoms with Crippen LogP contribution in [0.4, 0.5) is 0 Å². The second kappa shape index (κ2) is 12.4. The Kier molecular flexibility index (Phi) is 11.9. The smallest absolute Gasteiger partial charge is 0.345 e. The zero-order chi connectivity index (χ0) is 14.4. The number of isocyanates is 1. The molecule has 0 saturated carbocycles. The molecule has 0 N–H and O–H groups in total. The first-order chi connectivity index (χ1) is 9.24. The Bertz CT molecular complexity index is 239. The van der Waals surface area contributed by atoms with Gasteiger partial charge in [-0.25, -0.2) is 24.4 Å². The highest BCUT2D eigenvalue weighted by Gasteiger charge is 2.52. The van der Waals surface area contributed by atoms with Crippen molar-refractivity contribution < 1.29 is 37.6 Å². The third kappa shape index (κ3) is 8.94. The summed E-state index contributed by atoms with van der Waals surface area (Å²) in [5.74, 6) is 0. The lowest BCUT2D eigenvalue weighted by atomic mass is 10.7. The number of aliphatic imine (C=N–C) groups is 1. The van der Waals surface area contributed by atoms with Crippen molar-refractivity contribution in [2.24, 2.45) is 4.99 Å². The van der Waals surface area contributed by atoms with Gasteiger partial charge < -0.3 is 4.43 Å². The lowest BCUT2D eigenvalue weighted by molar-refractivity contribution is -0.385. The molecule has 0 fully saturated rings. The van der Waals surface area contributed by atoms with E-state index >= 15 is 0 Å².